The van der Waals surface area contributed by atoms with Crippen LogP contribution in [0.2, 0.25) is 0 Å². The van der Waals surface area contributed by atoms with Crippen molar-refractivity contribution in [2.75, 3.05) is 10.6 Å². The van der Waals surface area contributed by atoms with Gasteiger partial charge in [0.1, 0.15) is 0 Å². The summed E-state index contributed by atoms with van der Waals surface area (Å²) in [7, 11) is 0. The molecule has 4 aromatic rings. The molecule has 0 atom stereocenters. The molecule has 30 heavy (non-hydrogen) atoms. The van der Waals surface area contributed by atoms with Gasteiger partial charge in [-0.1, -0.05) is 68.3 Å². The molecule has 0 unspecified atom stereocenters. The number of amides is 2. The third-order valence-electron chi connectivity index (χ3n) is 4.56. The molecule has 148 valence electrons. The second-order valence-electron chi connectivity index (χ2n) is 6.67. The van der Waals surface area contributed by atoms with Gasteiger partial charge in [-0.05, 0) is 59.3 Å². The number of anilines is 2. The maximum atomic E-state index is 12.8. The Labute approximate surface area is 190 Å². The summed E-state index contributed by atoms with van der Waals surface area (Å²) >= 11 is 6.77. The molecule has 0 aliphatic carbocycles. The first-order valence-electron chi connectivity index (χ1n) is 9.16. The van der Waals surface area contributed by atoms with E-state index in [1.165, 1.54) is 0 Å². The van der Waals surface area contributed by atoms with E-state index >= 15 is 0 Å². The van der Waals surface area contributed by atoms with Gasteiger partial charge < -0.3 is 10.6 Å². The molecular formula is C24H16Br2N2O2. The van der Waals surface area contributed by atoms with E-state index in [0.717, 1.165) is 19.7 Å². The zero-order valence-corrected chi connectivity index (χ0v) is 18.8. The van der Waals surface area contributed by atoms with Gasteiger partial charge in [-0.25, -0.2) is 0 Å². The lowest BCUT2D eigenvalue weighted by Crippen LogP contribution is -2.17. The highest BCUT2D eigenvalue weighted by Crippen LogP contribution is 2.30. The van der Waals surface area contributed by atoms with E-state index in [-0.39, 0.29) is 11.8 Å². The average molecular weight is 524 g/mol. The van der Waals surface area contributed by atoms with Crippen molar-refractivity contribution in [2.24, 2.45) is 0 Å². The molecule has 0 aromatic heterocycles. The molecule has 4 rings (SSSR count). The van der Waals surface area contributed by atoms with Crippen LogP contribution in [0.25, 0.3) is 10.8 Å². The van der Waals surface area contributed by atoms with Crippen molar-refractivity contribution in [1.29, 1.82) is 0 Å². The summed E-state index contributed by atoms with van der Waals surface area (Å²) in [4.78, 5) is 25.6. The van der Waals surface area contributed by atoms with Gasteiger partial charge in [0.05, 0.1) is 11.4 Å². The van der Waals surface area contributed by atoms with E-state index in [0.29, 0.717) is 22.5 Å². The molecule has 4 nitrogen and oxygen atoms in total. The monoisotopic (exact) mass is 522 g/mol. The third-order valence-corrected chi connectivity index (χ3v) is 5.54. The van der Waals surface area contributed by atoms with Crippen LogP contribution in [0.4, 0.5) is 11.4 Å². The molecule has 0 aliphatic rings. The Morgan fingerprint density at radius 1 is 0.567 bits per heavy atom. The van der Waals surface area contributed by atoms with Gasteiger partial charge in [-0.3, -0.25) is 9.59 Å². The highest BCUT2D eigenvalue weighted by Gasteiger charge is 2.14. The minimum atomic E-state index is -0.260. The second-order valence-corrected chi connectivity index (χ2v) is 8.51. The van der Waals surface area contributed by atoms with E-state index in [9.17, 15) is 9.59 Å². The summed E-state index contributed by atoms with van der Waals surface area (Å²) < 4.78 is 1.63. The van der Waals surface area contributed by atoms with E-state index in [4.69, 9.17) is 0 Å². The van der Waals surface area contributed by atoms with Crippen LogP contribution in [0.5, 0.6) is 0 Å². The van der Waals surface area contributed by atoms with Gasteiger partial charge >= 0.3 is 0 Å². The first kappa shape index (κ1) is 20.3. The number of carbonyl (C=O) groups is 2. The van der Waals surface area contributed by atoms with Crippen LogP contribution in [-0.4, -0.2) is 11.8 Å². The molecule has 0 bridgehead atoms. The highest BCUT2D eigenvalue weighted by molar-refractivity contribution is 9.10. The second kappa shape index (κ2) is 8.81. The summed E-state index contributed by atoms with van der Waals surface area (Å²) in [6, 6.07) is 25.8. The summed E-state index contributed by atoms with van der Waals surface area (Å²) in [6.07, 6.45) is 0. The lowest BCUT2D eigenvalue weighted by molar-refractivity contribution is 0.101. The fraction of sp³-hybridized carbons (Fsp3) is 0. The number of rotatable bonds is 4. The Morgan fingerprint density at radius 2 is 1.00 bits per heavy atom. The van der Waals surface area contributed by atoms with E-state index in [1.54, 1.807) is 36.4 Å². The largest absolute Gasteiger partial charge is 0.320 e. The normalized spacial score (nSPS) is 10.6. The average Bonchev–Trinajstić information content (AvgIpc) is 2.74. The molecule has 0 saturated carbocycles. The van der Waals surface area contributed by atoms with Gasteiger partial charge in [-0.15, -0.1) is 0 Å². The molecule has 0 saturated heterocycles. The molecule has 6 heteroatoms. The topological polar surface area (TPSA) is 58.2 Å². The van der Waals surface area contributed by atoms with Crippen LogP contribution in [0.1, 0.15) is 20.7 Å². The smallest absolute Gasteiger partial charge is 0.255 e. The Bertz CT molecular complexity index is 1170. The highest BCUT2D eigenvalue weighted by atomic mass is 79.9. The van der Waals surface area contributed by atoms with E-state index < -0.39 is 0 Å². The number of hydrogen-bond donors (Lipinski definition) is 2. The van der Waals surface area contributed by atoms with E-state index in [2.05, 4.69) is 42.5 Å². The summed E-state index contributed by atoms with van der Waals surface area (Å²) in [5, 5.41) is 7.78. The molecule has 2 N–H and O–H groups in total. The maximum Gasteiger partial charge on any atom is 0.255 e. The van der Waals surface area contributed by atoms with Crippen LogP contribution < -0.4 is 10.6 Å². The van der Waals surface area contributed by atoms with Gasteiger partial charge in [0.15, 0.2) is 0 Å². The molecule has 0 aliphatic heterocycles. The number of halogens is 2. The van der Waals surface area contributed by atoms with Crippen LogP contribution in [-0.2, 0) is 0 Å². The number of carbonyl (C=O) groups excluding carboxylic acids is 2. The van der Waals surface area contributed by atoms with Crippen molar-refractivity contribution >= 4 is 65.8 Å². The van der Waals surface area contributed by atoms with Crippen LogP contribution in [0.15, 0.2) is 93.9 Å². The molecule has 0 heterocycles. The third kappa shape index (κ3) is 4.61. The molecular weight excluding hydrogens is 508 g/mol. The molecule has 4 aromatic carbocycles. The maximum absolute atomic E-state index is 12.8. The van der Waals surface area contributed by atoms with Crippen LogP contribution >= 0.6 is 31.9 Å². The first-order chi connectivity index (χ1) is 14.5. The van der Waals surface area contributed by atoms with Gasteiger partial charge in [0.25, 0.3) is 11.8 Å². The molecule has 0 fully saturated rings. The number of hydrogen-bond acceptors (Lipinski definition) is 2. The summed E-state index contributed by atoms with van der Waals surface area (Å²) in [5.41, 5.74) is 2.09. The summed E-state index contributed by atoms with van der Waals surface area (Å²) in [5.74, 6) is -0.519. The van der Waals surface area contributed by atoms with Crippen molar-refractivity contribution in [3.05, 3.63) is 105 Å². The minimum absolute atomic E-state index is 0.260. The Balaban J connectivity index is 1.70. The Hall–Kier alpha value is -2.96. The number of fused-ring (bicyclic) bond motifs is 1. The van der Waals surface area contributed by atoms with Crippen molar-refractivity contribution in [3.8, 4) is 0 Å². The fourth-order valence-corrected chi connectivity index (χ4v) is 3.89. The quantitative estimate of drug-likeness (QED) is 0.306. The van der Waals surface area contributed by atoms with Crippen molar-refractivity contribution in [1.82, 2.24) is 0 Å². The molecule has 0 spiro atoms. The van der Waals surface area contributed by atoms with Crippen molar-refractivity contribution < 1.29 is 9.59 Å². The van der Waals surface area contributed by atoms with Gasteiger partial charge in [0, 0.05) is 20.1 Å². The van der Waals surface area contributed by atoms with Crippen LogP contribution in [0.3, 0.4) is 0 Å². The Kier molecular flexibility index (Phi) is 5.97. The predicted octanol–water partition coefficient (Wildman–Crippen LogP) is 6.87. The van der Waals surface area contributed by atoms with Crippen molar-refractivity contribution in [2.45, 2.75) is 0 Å². The zero-order chi connectivity index (χ0) is 21.1. The Morgan fingerprint density at radius 3 is 1.40 bits per heavy atom. The van der Waals surface area contributed by atoms with Crippen molar-refractivity contribution in [3.63, 3.8) is 0 Å². The first-order valence-corrected chi connectivity index (χ1v) is 10.7. The molecule has 2 amide bonds. The van der Waals surface area contributed by atoms with E-state index in [1.807, 2.05) is 48.5 Å². The SMILES string of the molecule is O=C(Nc1cc2ccccc2cc1NC(=O)c1cccc(Br)c1)c1cccc(Br)c1. The number of benzene rings is 4. The lowest BCUT2D eigenvalue weighted by Gasteiger charge is -2.14. The molecule has 0 radical (unpaired) electrons. The van der Waals surface area contributed by atoms with Gasteiger partial charge in [0.2, 0.25) is 0 Å². The summed E-state index contributed by atoms with van der Waals surface area (Å²) in [6.45, 7) is 0. The zero-order valence-electron chi connectivity index (χ0n) is 15.7. The fourth-order valence-electron chi connectivity index (χ4n) is 3.10. The van der Waals surface area contributed by atoms with Crippen LogP contribution in [0, 0.1) is 0 Å². The standard InChI is InChI=1S/C24H16Br2N2O2/c25-19-9-3-7-17(11-19)23(29)27-21-13-15-5-1-2-6-16(15)14-22(21)28-24(30)18-8-4-10-20(26)12-18/h1-14H,(H,27,29)(H,28,30). The predicted molar refractivity (Wildman–Crippen MR) is 128 cm³/mol. The van der Waals surface area contributed by atoms with Gasteiger partial charge in [-0.2, -0.15) is 0 Å². The number of nitrogens with one attached hydrogen (secondary N) is 2. The minimum Gasteiger partial charge on any atom is -0.320 e. The lowest BCUT2D eigenvalue weighted by atomic mass is 10.1.